The van der Waals surface area contributed by atoms with Gasteiger partial charge in [-0.15, -0.1) is 0 Å². The van der Waals surface area contributed by atoms with Gasteiger partial charge in [0.15, 0.2) is 0 Å². The molecule has 0 aromatic heterocycles. The highest BCUT2D eigenvalue weighted by Gasteiger charge is 2.26. The molecule has 4 nitrogen and oxygen atoms in total. The minimum absolute atomic E-state index is 0.141. The molecule has 3 atom stereocenters. The molecule has 0 radical (unpaired) electrons. The molecule has 4 heteroatoms. The Morgan fingerprint density at radius 1 is 1.50 bits per heavy atom. The molecule has 0 amide bonds. The third-order valence-corrected chi connectivity index (χ3v) is 4.22. The molecule has 1 aliphatic carbocycles. The van der Waals surface area contributed by atoms with E-state index >= 15 is 0 Å². The zero-order valence-electron chi connectivity index (χ0n) is 13.4. The van der Waals surface area contributed by atoms with Gasteiger partial charge in [-0.3, -0.25) is 0 Å². The summed E-state index contributed by atoms with van der Waals surface area (Å²) < 4.78 is 5.80. The van der Waals surface area contributed by atoms with Crippen LogP contribution >= 0.6 is 0 Å². The van der Waals surface area contributed by atoms with Crippen LogP contribution in [0.3, 0.4) is 0 Å². The van der Waals surface area contributed by atoms with E-state index in [9.17, 15) is 5.26 Å². The van der Waals surface area contributed by atoms with E-state index in [0.717, 1.165) is 23.5 Å². The van der Waals surface area contributed by atoms with Crippen molar-refractivity contribution in [2.24, 2.45) is 5.92 Å². The fraction of sp³-hybridized carbons (Fsp3) is 0.389. The van der Waals surface area contributed by atoms with Crippen molar-refractivity contribution in [2.75, 3.05) is 14.1 Å². The molecule has 0 saturated heterocycles. The van der Waals surface area contributed by atoms with Gasteiger partial charge in [0.2, 0.25) is 0 Å². The summed E-state index contributed by atoms with van der Waals surface area (Å²) in [4.78, 5) is 0. The van der Waals surface area contributed by atoms with Crippen molar-refractivity contribution in [1.29, 1.82) is 5.26 Å². The van der Waals surface area contributed by atoms with Crippen LogP contribution in [-0.2, 0) is 4.74 Å². The number of rotatable bonds is 4. The molecule has 0 aromatic carbocycles. The quantitative estimate of drug-likeness (QED) is 0.783. The van der Waals surface area contributed by atoms with Gasteiger partial charge in [0, 0.05) is 12.7 Å². The zero-order chi connectivity index (χ0) is 16.2. The first kappa shape index (κ1) is 16.1. The van der Waals surface area contributed by atoms with Crippen LogP contribution in [0.2, 0.25) is 0 Å². The fourth-order valence-electron chi connectivity index (χ4n) is 2.52. The summed E-state index contributed by atoms with van der Waals surface area (Å²) in [6.45, 7) is 5.85. The standard InChI is InChI=1S/C18H23N3O/c1-13-14(2)22-17(11-15(13)12-19)7-10-18(21-4)8-5-16(20-3)6-9-18/h5-8,10-11,14-15,20-21H,1,9H2,2-4H3. The maximum atomic E-state index is 9.19. The normalized spacial score (nSPS) is 31.3. The lowest BCUT2D eigenvalue weighted by Crippen LogP contribution is -2.40. The van der Waals surface area contributed by atoms with E-state index in [1.165, 1.54) is 0 Å². The summed E-state index contributed by atoms with van der Waals surface area (Å²) >= 11 is 0. The lowest BCUT2D eigenvalue weighted by Gasteiger charge is -2.30. The molecule has 22 heavy (non-hydrogen) atoms. The van der Waals surface area contributed by atoms with Gasteiger partial charge in [-0.1, -0.05) is 24.8 Å². The van der Waals surface area contributed by atoms with Crippen LogP contribution in [0.1, 0.15) is 13.3 Å². The molecule has 0 aromatic rings. The summed E-state index contributed by atoms with van der Waals surface area (Å²) in [5, 5.41) is 15.7. The van der Waals surface area contributed by atoms with Crippen LogP contribution in [0.5, 0.6) is 0 Å². The van der Waals surface area contributed by atoms with E-state index in [1.807, 2.05) is 33.2 Å². The summed E-state index contributed by atoms with van der Waals surface area (Å²) in [7, 11) is 3.85. The van der Waals surface area contributed by atoms with Crippen LogP contribution in [0, 0.1) is 17.2 Å². The number of allylic oxidation sites excluding steroid dienone is 3. The molecule has 2 aliphatic rings. The van der Waals surface area contributed by atoms with Crippen LogP contribution in [0.25, 0.3) is 0 Å². The Morgan fingerprint density at radius 3 is 2.82 bits per heavy atom. The van der Waals surface area contributed by atoms with E-state index in [4.69, 9.17) is 4.74 Å². The number of ether oxygens (including phenoxy) is 1. The van der Waals surface area contributed by atoms with E-state index in [1.54, 1.807) is 0 Å². The Labute approximate surface area is 132 Å². The largest absolute Gasteiger partial charge is 0.487 e. The molecular weight excluding hydrogens is 274 g/mol. The van der Waals surface area contributed by atoms with E-state index in [2.05, 4.69) is 47.6 Å². The number of hydrogen-bond donors (Lipinski definition) is 2. The second-order valence-corrected chi connectivity index (χ2v) is 5.58. The van der Waals surface area contributed by atoms with Crippen LogP contribution in [0.15, 0.2) is 60.1 Å². The minimum Gasteiger partial charge on any atom is -0.487 e. The maximum Gasteiger partial charge on any atom is 0.118 e. The SMILES string of the molecule is C=C1C(C#N)C=C(C=CC2(NC)C=CC(NC)=CC2)OC1C. The number of likely N-dealkylation sites (N-methyl/N-ethyl adjacent to an activating group) is 2. The number of hydrogen-bond acceptors (Lipinski definition) is 4. The zero-order valence-corrected chi connectivity index (χ0v) is 13.4. The lowest BCUT2D eigenvalue weighted by molar-refractivity contribution is 0.153. The third kappa shape index (κ3) is 3.32. The molecule has 0 saturated carbocycles. The molecule has 2 N–H and O–H groups in total. The van der Waals surface area contributed by atoms with Crippen molar-refractivity contribution in [3.05, 3.63) is 60.1 Å². The second-order valence-electron chi connectivity index (χ2n) is 5.58. The number of nitrogens with zero attached hydrogens (tertiary/aromatic N) is 1. The van der Waals surface area contributed by atoms with Crippen molar-refractivity contribution >= 4 is 0 Å². The van der Waals surface area contributed by atoms with Crippen molar-refractivity contribution in [3.8, 4) is 6.07 Å². The topological polar surface area (TPSA) is 57.1 Å². The Kier molecular flexibility index (Phi) is 4.89. The minimum atomic E-state index is -0.286. The highest BCUT2D eigenvalue weighted by molar-refractivity contribution is 5.36. The molecular formula is C18H23N3O. The van der Waals surface area contributed by atoms with Crippen molar-refractivity contribution in [1.82, 2.24) is 10.6 Å². The molecule has 3 unspecified atom stereocenters. The molecule has 0 bridgehead atoms. The predicted octanol–water partition coefficient (Wildman–Crippen LogP) is 2.56. The summed E-state index contributed by atoms with van der Waals surface area (Å²) in [5.41, 5.74) is 1.69. The smallest absolute Gasteiger partial charge is 0.118 e. The van der Waals surface area contributed by atoms with E-state index in [-0.39, 0.29) is 17.6 Å². The maximum absolute atomic E-state index is 9.19. The van der Waals surface area contributed by atoms with Crippen molar-refractivity contribution in [2.45, 2.75) is 25.0 Å². The third-order valence-electron chi connectivity index (χ3n) is 4.22. The van der Waals surface area contributed by atoms with E-state index in [0.29, 0.717) is 0 Å². The van der Waals surface area contributed by atoms with Gasteiger partial charge in [-0.2, -0.15) is 5.26 Å². The fourth-order valence-corrected chi connectivity index (χ4v) is 2.52. The van der Waals surface area contributed by atoms with Gasteiger partial charge in [-0.25, -0.2) is 0 Å². The lowest BCUT2D eigenvalue weighted by atomic mass is 9.89. The monoisotopic (exact) mass is 297 g/mol. The Hall–Kier alpha value is -2.25. The van der Waals surface area contributed by atoms with Gasteiger partial charge in [-0.05, 0) is 44.2 Å². The van der Waals surface area contributed by atoms with Gasteiger partial charge < -0.3 is 15.4 Å². The molecule has 2 rings (SSSR count). The average Bonchev–Trinajstić information content (AvgIpc) is 2.56. The van der Waals surface area contributed by atoms with Crippen LogP contribution in [0.4, 0.5) is 0 Å². The summed E-state index contributed by atoms with van der Waals surface area (Å²) in [6, 6.07) is 2.25. The van der Waals surface area contributed by atoms with Crippen LogP contribution < -0.4 is 10.6 Å². The Balaban J connectivity index is 2.17. The van der Waals surface area contributed by atoms with Gasteiger partial charge in [0.25, 0.3) is 0 Å². The highest BCUT2D eigenvalue weighted by Crippen LogP contribution is 2.28. The molecule has 0 spiro atoms. The highest BCUT2D eigenvalue weighted by atomic mass is 16.5. The first-order chi connectivity index (χ1) is 10.5. The molecule has 1 aliphatic heterocycles. The van der Waals surface area contributed by atoms with Gasteiger partial charge >= 0.3 is 0 Å². The number of nitriles is 1. The Bertz CT molecular complexity index is 606. The second kappa shape index (κ2) is 6.67. The average molecular weight is 297 g/mol. The molecule has 116 valence electrons. The van der Waals surface area contributed by atoms with Crippen LogP contribution in [-0.4, -0.2) is 25.7 Å². The molecule has 1 heterocycles. The number of nitrogens with one attached hydrogen (secondary N) is 2. The first-order valence-electron chi connectivity index (χ1n) is 7.45. The molecule has 0 fully saturated rings. The van der Waals surface area contributed by atoms with E-state index < -0.39 is 0 Å². The van der Waals surface area contributed by atoms with Gasteiger partial charge in [0.1, 0.15) is 11.9 Å². The predicted molar refractivity (Wildman–Crippen MR) is 88.7 cm³/mol. The van der Waals surface area contributed by atoms with Crippen molar-refractivity contribution in [3.63, 3.8) is 0 Å². The summed E-state index contributed by atoms with van der Waals surface area (Å²) in [5.74, 6) is 0.435. The summed E-state index contributed by atoms with van der Waals surface area (Å²) in [6.07, 6.45) is 12.9. The first-order valence-corrected chi connectivity index (χ1v) is 7.45. The Morgan fingerprint density at radius 2 is 2.27 bits per heavy atom. The van der Waals surface area contributed by atoms with Crippen molar-refractivity contribution < 1.29 is 4.74 Å². The van der Waals surface area contributed by atoms with Gasteiger partial charge in [0.05, 0.1) is 17.5 Å².